The van der Waals surface area contributed by atoms with Gasteiger partial charge in [-0.1, -0.05) is 6.07 Å². The summed E-state index contributed by atoms with van der Waals surface area (Å²) in [5.74, 6) is -0.138. The van der Waals surface area contributed by atoms with E-state index in [9.17, 15) is 4.79 Å². The van der Waals surface area contributed by atoms with E-state index in [1.165, 1.54) is 11.3 Å². The lowest BCUT2D eigenvalue weighted by molar-refractivity contribution is -0.122. The quantitative estimate of drug-likeness (QED) is 0.612. The molecule has 1 aromatic heterocycles. The molecule has 78 valence electrons. The number of amides is 1. The van der Waals surface area contributed by atoms with Crippen molar-refractivity contribution in [3.63, 3.8) is 0 Å². The van der Waals surface area contributed by atoms with E-state index in [0.29, 0.717) is 13.1 Å². The second-order valence-corrected chi connectivity index (χ2v) is 3.91. The number of rotatable bonds is 5. The number of carbonyl (C=O) groups excluding carboxylic acids is 1. The zero-order valence-corrected chi connectivity index (χ0v) is 8.72. The van der Waals surface area contributed by atoms with Crippen molar-refractivity contribution in [2.45, 2.75) is 12.5 Å². The van der Waals surface area contributed by atoms with Gasteiger partial charge in [0, 0.05) is 11.4 Å². The normalized spacial score (nSPS) is 12.4. The van der Waals surface area contributed by atoms with Crippen molar-refractivity contribution in [2.24, 2.45) is 11.5 Å². The van der Waals surface area contributed by atoms with Crippen LogP contribution in [0.5, 0.6) is 0 Å². The number of thiophene rings is 1. The van der Waals surface area contributed by atoms with Gasteiger partial charge in [0.1, 0.15) is 6.04 Å². The smallest absolute Gasteiger partial charge is 0.242 e. The molecule has 0 saturated carbocycles. The standard InChI is InChI=1S/C9H15N3OS/c10-4-2-5-12-9(13)8(11)7-3-1-6-14-7/h1,3,6,8H,2,4-5,10-11H2,(H,12,13). The van der Waals surface area contributed by atoms with Crippen LogP contribution in [0.15, 0.2) is 17.5 Å². The van der Waals surface area contributed by atoms with E-state index in [2.05, 4.69) is 5.32 Å². The Morgan fingerprint density at radius 2 is 2.43 bits per heavy atom. The van der Waals surface area contributed by atoms with Gasteiger partial charge in [0.2, 0.25) is 5.91 Å². The molecular weight excluding hydrogens is 198 g/mol. The average molecular weight is 213 g/mol. The van der Waals surface area contributed by atoms with Crippen LogP contribution in [0.4, 0.5) is 0 Å². The summed E-state index contributed by atoms with van der Waals surface area (Å²) in [6, 6.07) is 3.19. The Morgan fingerprint density at radius 1 is 1.64 bits per heavy atom. The highest BCUT2D eigenvalue weighted by Crippen LogP contribution is 2.16. The van der Waals surface area contributed by atoms with Gasteiger partial charge in [-0.15, -0.1) is 11.3 Å². The summed E-state index contributed by atoms with van der Waals surface area (Å²) in [4.78, 5) is 12.3. The largest absolute Gasteiger partial charge is 0.354 e. The zero-order valence-electron chi connectivity index (χ0n) is 7.90. The van der Waals surface area contributed by atoms with Crippen molar-refractivity contribution in [1.82, 2.24) is 5.32 Å². The predicted octanol–water partition coefficient (Wildman–Crippen LogP) is 0.213. The minimum absolute atomic E-state index is 0.138. The number of hydrogen-bond acceptors (Lipinski definition) is 4. The number of hydrogen-bond donors (Lipinski definition) is 3. The third kappa shape index (κ3) is 3.10. The molecule has 1 rings (SSSR count). The number of carbonyl (C=O) groups is 1. The zero-order chi connectivity index (χ0) is 10.4. The highest BCUT2D eigenvalue weighted by atomic mass is 32.1. The van der Waals surface area contributed by atoms with Crippen LogP contribution in [0.2, 0.25) is 0 Å². The first kappa shape index (κ1) is 11.2. The van der Waals surface area contributed by atoms with Crippen LogP contribution in [-0.4, -0.2) is 19.0 Å². The van der Waals surface area contributed by atoms with E-state index in [1.54, 1.807) is 0 Å². The van der Waals surface area contributed by atoms with Crippen LogP contribution < -0.4 is 16.8 Å². The Balaban J connectivity index is 2.37. The molecule has 1 unspecified atom stereocenters. The molecule has 1 amide bonds. The van der Waals surface area contributed by atoms with E-state index in [1.807, 2.05) is 17.5 Å². The van der Waals surface area contributed by atoms with Crippen molar-refractivity contribution in [3.8, 4) is 0 Å². The van der Waals surface area contributed by atoms with Crippen molar-refractivity contribution in [3.05, 3.63) is 22.4 Å². The molecule has 1 atom stereocenters. The van der Waals surface area contributed by atoms with Crippen LogP contribution in [0.3, 0.4) is 0 Å². The third-order valence-electron chi connectivity index (χ3n) is 1.81. The summed E-state index contributed by atoms with van der Waals surface area (Å²) in [5, 5.41) is 4.64. The molecule has 0 aliphatic rings. The van der Waals surface area contributed by atoms with Crippen LogP contribution in [0, 0.1) is 0 Å². The van der Waals surface area contributed by atoms with Gasteiger partial charge in [-0.2, -0.15) is 0 Å². The minimum Gasteiger partial charge on any atom is -0.354 e. The molecule has 0 fully saturated rings. The number of nitrogens with one attached hydrogen (secondary N) is 1. The van der Waals surface area contributed by atoms with E-state index < -0.39 is 6.04 Å². The first-order valence-electron chi connectivity index (χ1n) is 4.52. The third-order valence-corrected chi connectivity index (χ3v) is 2.77. The molecule has 0 radical (unpaired) electrons. The summed E-state index contributed by atoms with van der Waals surface area (Å²) < 4.78 is 0. The summed E-state index contributed by atoms with van der Waals surface area (Å²) in [6.45, 7) is 1.17. The summed E-state index contributed by atoms with van der Waals surface area (Å²) in [5.41, 5.74) is 11.0. The van der Waals surface area contributed by atoms with Gasteiger partial charge in [0.15, 0.2) is 0 Å². The van der Waals surface area contributed by atoms with Gasteiger partial charge in [-0.05, 0) is 24.4 Å². The highest BCUT2D eigenvalue weighted by molar-refractivity contribution is 7.10. The van der Waals surface area contributed by atoms with E-state index >= 15 is 0 Å². The minimum atomic E-state index is -0.548. The fourth-order valence-corrected chi connectivity index (χ4v) is 1.75. The molecular formula is C9H15N3OS. The van der Waals surface area contributed by atoms with Crippen LogP contribution in [0.25, 0.3) is 0 Å². The lowest BCUT2D eigenvalue weighted by Gasteiger charge is -2.09. The van der Waals surface area contributed by atoms with Crippen LogP contribution in [-0.2, 0) is 4.79 Å². The first-order chi connectivity index (χ1) is 6.75. The molecule has 0 aliphatic carbocycles. The van der Waals surface area contributed by atoms with Gasteiger partial charge in [-0.3, -0.25) is 4.79 Å². The summed E-state index contributed by atoms with van der Waals surface area (Å²) in [6.07, 6.45) is 0.781. The average Bonchev–Trinajstić information content (AvgIpc) is 2.69. The molecule has 0 aliphatic heterocycles. The summed E-state index contributed by atoms with van der Waals surface area (Å²) >= 11 is 1.49. The molecule has 0 saturated heterocycles. The topological polar surface area (TPSA) is 81.1 Å². The molecule has 5 heteroatoms. The van der Waals surface area contributed by atoms with Gasteiger partial charge in [0.05, 0.1) is 0 Å². The van der Waals surface area contributed by atoms with Crippen molar-refractivity contribution < 1.29 is 4.79 Å². The van der Waals surface area contributed by atoms with Gasteiger partial charge in [-0.25, -0.2) is 0 Å². The Kier molecular flexibility index (Phi) is 4.58. The Hall–Kier alpha value is -0.910. The van der Waals surface area contributed by atoms with Crippen molar-refractivity contribution in [2.75, 3.05) is 13.1 Å². The molecule has 1 aromatic rings. The van der Waals surface area contributed by atoms with Gasteiger partial charge in [0.25, 0.3) is 0 Å². The van der Waals surface area contributed by atoms with E-state index in [-0.39, 0.29) is 5.91 Å². The lowest BCUT2D eigenvalue weighted by Crippen LogP contribution is -2.34. The van der Waals surface area contributed by atoms with Crippen molar-refractivity contribution >= 4 is 17.2 Å². The maximum atomic E-state index is 11.4. The molecule has 1 heterocycles. The highest BCUT2D eigenvalue weighted by Gasteiger charge is 2.15. The van der Waals surface area contributed by atoms with E-state index in [0.717, 1.165) is 11.3 Å². The lowest BCUT2D eigenvalue weighted by atomic mass is 10.2. The van der Waals surface area contributed by atoms with Gasteiger partial charge < -0.3 is 16.8 Å². The van der Waals surface area contributed by atoms with Crippen molar-refractivity contribution in [1.29, 1.82) is 0 Å². The monoisotopic (exact) mass is 213 g/mol. The fourth-order valence-electron chi connectivity index (χ4n) is 1.02. The Morgan fingerprint density at radius 3 is 3.00 bits per heavy atom. The maximum absolute atomic E-state index is 11.4. The predicted molar refractivity (Wildman–Crippen MR) is 57.9 cm³/mol. The molecule has 5 N–H and O–H groups in total. The SMILES string of the molecule is NCCCNC(=O)C(N)c1cccs1. The molecule has 4 nitrogen and oxygen atoms in total. The Bertz CT molecular complexity index is 274. The van der Waals surface area contributed by atoms with Gasteiger partial charge >= 0.3 is 0 Å². The first-order valence-corrected chi connectivity index (χ1v) is 5.40. The Labute approximate surface area is 87.3 Å². The summed E-state index contributed by atoms with van der Waals surface area (Å²) in [7, 11) is 0. The molecule has 0 bridgehead atoms. The van der Waals surface area contributed by atoms with Crippen LogP contribution in [0.1, 0.15) is 17.3 Å². The molecule has 0 aromatic carbocycles. The number of nitrogens with two attached hydrogens (primary N) is 2. The molecule has 14 heavy (non-hydrogen) atoms. The fraction of sp³-hybridized carbons (Fsp3) is 0.444. The van der Waals surface area contributed by atoms with E-state index in [4.69, 9.17) is 11.5 Å². The maximum Gasteiger partial charge on any atom is 0.242 e. The second-order valence-electron chi connectivity index (χ2n) is 2.93. The van der Waals surface area contributed by atoms with Crippen LogP contribution >= 0.6 is 11.3 Å². The molecule has 0 spiro atoms. The second kappa shape index (κ2) is 5.74.